The fraction of sp³-hybridized carbons (Fsp3) is 0.574. The number of alkyl halides is 1. The number of rotatable bonds is 21. The molecule has 0 radical (unpaired) electrons. The molecule has 0 aromatic heterocycles. The van der Waals surface area contributed by atoms with E-state index in [0.29, 0.717) is 50.4 Å². The van der Waals surface area contributed by atoms with E-state index in [1.807, 2.05) is 79.7 Å². The van der Waals surface area contributed by atoms with E-state index in [0.717, 1.165) is 58.8 Å². The van der Waals surface area contributed by atoms with E-state index in [4.69, 9.17) is 54.2 Å². The second-order valence-electron chi connectivity index (χ2n) is 15.9. The minimum absolute atomic E-state index is 0.0446. The van der Waals surface area contributed by atoms with Crippen molar-refractivity contribution in [3.63, 3.8) is 0 Å². The van der Waals surface area contributed by atoms with E-state index in [2.05, 4.69) is 27.4 Å². The second kappa shape index (κ2) is 21.7. The van der Waals surface area contributed by atoms with Crippen LogP contribution in [0.5, 0.6) is 17.2 Å². The van der Waals surface area contributed by atoms with Gasteiger partial charge in [-0.3, -0.25) is 0 Å². The summed E-state index contributed by atoms with van der Waals surface area (Å²) in [5.41, 5.74) is 4.02. The first-order valence-electron chi connectivity index (χ1n) is 20.4. The van der Waals surface area contributed by atoms with Crippen molar-refractivity contribution in [2.24, 2.45) is 17.8 Å². The lowest BCUT2D eigenvalue weighted by molar-refractivity contribution is -0.364. The molecule has 2 fully saturated rings. The first-order chi connectivity index (χ1) is 27.5. The molecule has 2 aliphatic heterocycles. The van der Waals surface area contributed by atoms with Crippen LogP contribution in [0.25, 0.3) is 0 Å². The summed E-state index contributed by atoms with van der Waals surface area (Å²) in [6, 6.07) is 23.8. The van der Waals surface area contributed by atoms with Gasteiger partial charge in [-0.1, -0.05) is 62.7 Å². The Labute approximate surface area is 346 Å². The van der Waals surface area contributed by atoms with Crippen LogP contribution in [-0.2, 0) is 48.2 Å². The largest absolute Gasteiger partial charge is 0.497 e. The van der Waals surface area contributed by atoms with Crippen LogP contribution >= 0.6 is 11.6 Å². The number of methoxy groups -OCH3 is 4. The average Bonchev–Trinajstić information content (AvgIpc) is 3.22. The van der Waals surface area contributed by atoms with Gasteiger partial charge in [-0.2, -0.15) is 0 Å². The van der Waals surface area contributed by atoms with Gasteiger partial charge in [-0.15, -0.1) is 18.2 Å². The van der Waals surface area contributed by atoms with E-state index in [1.54, 1.807) is 28.4 Å². The Balaban J connectivity index is 1.54. The van der Waals surface area contributed by atoms with Gasteiger partial charge in [-0.05, 0) is 97.5 Å². The minimum atomic E-state index is -1.10. The average molecular weight is 809 g/mol. The zero-order chi connectivity index (χ0) is 41.0. The number of hydrogen-bond donors (Lipinski definition) is 0. The molecule has 0 saturated carbocycles. The highest BCUT2D eigenvalue weighted by atomic mass is 35.5. The third-order valence-corrected chi connectivity index (χ3v) is 12.1. The lowest BCUT2D eigenvalue weighted by Gasteiger charge is -2.54. The molecule has 0 spiro atoms. The van der Waals surface area contributed by atoms with Gasteiger partial charge < -0.3 is 42.6 Å². The summed E-state index contributed by atoms with van der Waals surface area (Å²) in [5, 5.41) is 0. The van der Waals surface area contributed by atoms with Gasteiger partial charge in [0.2, 0.25) is 0 Å². The minimum Gasteiger partial charge on any atom is -0.497 e. The summed E-state index contributed by atoms with van der Waals surface area (Å²) in [6.07, 6.45) is 1.58. The summed E-state index contributed by atoms with van der Waals surface area (Å²) < 4.78 is 58.3. The van der Waals surface area contributed by atoms with Gasteiger partial charge in [0.15, 0.2) is 5.79 Å². The molecule has 3 aromatic carbocycles. The number of benzene rings is 3. The van der Waals surface area contributed by atoms with Gasteiger partial charge >= 0.3 is 0 Å². The molecule has 2 aliphatic rings. The van der Waals surface area contributed by atoms with Crippen molar-refractivity contribution >= 4 is 11.6 Å². The van der Waals surface area contributed by atoms with Gasteiger partial charge in [0, 0.05) is 25.3 Å². The lowest BCUT2D eigenvalue weighted by atomic mass is 9.75. The molecule has 5 rings (SSSR count). The molecule has 2 heterocycles. The summed E-state index contributed by atoms with van der Waals surface area (Å²) in [5.74, 6) is 2.28. The van der Waals surface area contributed by atoms with Crippen LogP contribution in [0.4, 0.5) is 0 Å². The fourth-order valence-corrected chi connectivity index (χ4v) is 8.41. The third kappa shape index (κ3) is 11.7. The second-order valence-corrected chi connectivity index (χ2v) is 16.3. The summed E-state index contributed by atoms with van der Waals surface area (Å²) >= 11 is 6.13. The van der Waals surface area contributed by atoms with Gasteiger partial charge in [0.25, 0.3) is 0 Å². The van der Waals surface area contributed by atoms with Crippen LogP contribution < -0.4 is 14.2 Å². The number of hydrogen-bond acceptors (Lipinski definition) is 9. The van der Waals surface area contributed by atoms with Crippen molar-refractivity contribution in [1.29, 1.82) is 0 Å². The topological polar surface area (TPSA) is 83.1 Å². The first-order valence-corrected chi connectivity index (χ1v) is 20.9. The molecule has 0 unspecified atom stereocenters. The molecule has 10 heteroatoms. The molecule has 3 aromatic rings. The Bertz CT molecular complexity index is 1630. The molecule has 0 amide bonds. The molecule has 0 bridgehead atoms. The number of ether oxygens (including phenoxy) is 9. The van der Waals surface area contributed by atoms with E-state index in [1.165, 1.54) is 0 Å². The van der Waals surface area contributed by atoms with E-state index in [9.17, 15) is 0 Å². The van der Waals surface area contributed by atoms with Crippen LogP contribution in [0.3, 0.4) is 0 Å². The van der Waals surface area contributed by atoms with Crippen molar-refractivity contribution in [2.75, 3.05) is 34.3 Å². The van der Waals surface area contributed by atoms with Crippen molar-refractivity contribution in [3.05, 3.63) is 102 Å². The zero-order valence-electron chi connectivity index (χ0n) is 35.2. The molecule has 0 aliphatic carbocycles. The van der Waals surface area contributed by atoms with E-state index in [-0.39, 0.29) is 12.0 Å². The number of halogens is 1. The third-order valence-electron chi connectivity index (χ3n) is 11.8. The Morgan fingerprint density at radius 3 is 1.70 bits per heavy atom. The van der Waals surface area contributed by atoms with Crippen molar-refractivity contribution in [3.8, 4) is 17.2 Å². The Morgan fingerprint density at radius 2 is 1.23 bits per heavy atom. The molecular formula is C47H65ClO9. The molecule has 314 valence electrons. The summed E-state index contributed by atoms with van der Waals surface area (Å²) in [6.45, 7) is 14.1. The van der Waals surface area contributed by atoms with Gasteiger partial charge in [-0.25, -0.2) is 0 Å². The van der Waals surface area contributed by atoms with Crippen molar-refractivity contribution in [1.82, 2.24) is 0 Å². The van der Waals surface area contributed by atoms with Gasteiger partial charge in [0.05, 0.1) is 65.6 Å². The Hall–Kier alpha value is -3.15. The quantitative estimate of drug-likeness (QED) is 0.0594. The fourth-order valence-electron chi connectivity index (χ4n) is 8.22. The standard InChI is InChI=1S/C47H65ClO9/c1-31(2)26-42-45(54-29-36-15-21-39(50-7)22-16-36)43(53-28-35-13-19-38(49-6)20-14-35)34(5)44(56-42)46(55-30-37-17-23-40(51-8)24-18-37)47(52-9)27-32(3)33(4)41(57-47)12-10-11-25-48/h13-24,32-34,41-46H,1,10-12,25-30H2,2-9H3/t32-,33+,34+,41+,42+,43+,44+,45+,46-,47+/m0/s1. The molecule has 57 heavy (non-hydrogen) atoms. The van der Waals surface area contributed by atoms with Crippen LogP contribution in [-0.4, -0.2) is 76.7 Å². The molecule has 9 nitrogen and oxygen atoms in total. The van der Waals surface area contributed by atoms with E-state index < -0.39 is 36.3 Å². The Kier molecular flexibility index (Phi) is 17.1. The Morgan fingerprint density at radius 1 is 0.719 bits per heavy atom. The smallest absolute Gasteiger partial charge is 0.197 e. The maximum atomic E-state index is 7.30. The highest BCUT2D eigenvalue weighted by molar-refractivity contribution is 6.17. The maximum absolute atomic E-state index is 7.30. The monoisotopic (exact) mass is 808 g/mol. The van der Waals surface area contributed by atoms with Crippen LogP contribution in [0, 0.1) is 17.8 Å². The van der Waals surface area contributed by atoms with Crippen molar-refractivity contribution < 1.29 is 42.6 Å². The van der Waals surface area contributed by atoms with Crippen LogP contribution in [0.15, 0.2) is 84.9 Å². The maximum Gasteiger partial charge on any atom is 0.197 e. The first kappa shape index (κ1) is 44.9. The highest BCUT2D eigenvalue weighted by Crippen LogP contribution is 2.46. The SMILES string of the molecule is C=C(C)C[C@H]1O[C@@H]([C@H](OCc2ccc(OC)cc2)[C@@]2(OC)C[C@H](C)[C@@H](C)[C@@H](CCCCCl)O2)[C@H](C)[C@@H](OCc2ccc(OC)cc2)[C@@H]1OCc1ccc(OC)cc1. The predicted octanol–water partition coefficient (Wildman–Crippen LogP) is 9.95. The summed E-state index contributed by atoms with van der Waals surface area (Å²) in [7, 11) is 6.74. The van der Waals surface area contributed by atoms with Crippen LogP contribution in [0.1, 0.15) is 76.5 Å². The number of unbranched alkanes of at least 4 members (excludes halogenated alkanes) is 1. The molecular weight excluding hydrogens is 744 g/mol. The molecule has 2 saturated heterocycles. The van der Waals surface area contributed by atoms with Crippen LogP contribution in [0.2, 0.25) is 0 Å². The zero-order valence-corrected chi connectivity index (χ0v) is 36.0. The van der Waals surface area contributed by atoms with E-state index >= 15 is 0 Å². The predicted molar refractivity (Wildman–Crippen MR) is 224 cm³/mol. The normalized spacial score (nSPS) is 28.1. The lowest BCUT2D eigenvalue weighted by Crippen LogP contribution is -2.66. The highest BCUT2D eigenvalue weighted by Gasteiger charge is 2.57. The van der Waals surface area contributed by atoms with Gasteiger partial charge in [0.1, 0.15) is 29.5 Å². The molecule has 10 atom stereocenters. The molecule has 0 N–H and O–H groups in total. The van der Waals surface area contributed by atoms with Crippen molar-refractivity contribution in [2.45, 2.75) is 122 Å². The summed E-state index contributed by atoms with van der Waals surface area (Å²) in [4.78, 5) is 0.